The molecule has 1 atom stereocenters. The SMILES string of the molecule is CC(CNc1nccn(-c2cccc(Cl)c2)c1=O)c1ccccc1. The molecule has 1 heterocycles. The number of hydrogen-bond acceptors (Lipinski definition) is 3. The molecular weight excluding hydrogens is 322 g/mol. The summed E-state index contributed by atoms with van der Waals surface area (Å²) in [7, 11) is 0. The largest absolute Gasteiger partial charge is 0.365 e. The summed E-state index contributed by atoms with van der Waals surface area (Å²) < 4.78 is 1.54. The van der Waals surface area contributed by atoms with Gasteiger partial charge in [0.05, 0.1) is 5.69 Å². The Morgan fingerprint density at radius 3 is 2.71 bits per heavy atom. The first kappa shape index (κ1) is 16.3. The van der Waals surface area contributed by atoms with Crippen molar-refractivity contribution >= 4 is 17.4 Å². The van der Waals surface area contributed by atoms with Crippen molar-refractivity contribution in [2.24, 2.45) is 0 Å². The fourth-order valence-electron chi connectivity index (χ4n) is 2.51. The summed E-state index contributed by atoms with van der Waals surface area (Å²) in [4.78, 5) is 16.8. The highest BCUT2D eigenvalue weighted by molar-refractivity contribution is 6.30. The summed E-state index contributed by atoms with van der Waals surface area (Å²) >= 11 is 6.01. The van der Waals surface area contributed by atoms with Gasteiger partial charge in [0, 0.05) is 24.0 Å². The number of anilines is 1. The molecule has 1 N–H and O–H groups in total. The predicted octanol–water partition coefficient (Wildman–Crippen LogP) is 4.10. The van der Waals surface area contributed by atoms with E-state index in [0.717, 1.165) is 0 Å². The van der Waals surface area contributed by atoms with Crippen LogP contribution in [0.2, 0.25) is 5.02 Å². The van der Waals surface area contributed by atoms with Crippen LogP contribution in [0.5, 0.6) is 0 Å². The molecule has 0 fully saturated rings. The Hall–Kier alpha value is -2.59. The Balaban J connectivity index is 1.80. The Kier molecular flexibility index (Phi) is 4.96. The quantitative estimate of drug-likeness (QED) is 0.761. The van der Waals surface area contributed by atoms with E-state index in [4.69, 9.17) is 11.6 Å². The van der Waals surface area contributed by atoms with Gasteiger partial charge in [0.1, 0.15) is 0 Å². The van der Waals surface area contributed by atoms with Crippen LogP contribution >= 0.6 is 11.6 Å². The van der Waals surface area contributed by atoms with Gasteiger partial charge >= 0.3 is 0 Å². The molecule has 0 saturated carbocycles. The lowest BCUT2D eigenvalue weighted by atomic mass is 10.0. The fraction of sp³-hybridized carbons (Fsp3) is 0.158. The van der Waals surface area contributed by atoms with Crippen molar-refractivity contribution in [3.63, 3.8) is 0 Å². The normalized spacial score (nSPS) is 11.9. The molecule has 0 aliphatic heterocycles. The molecule has 24 heavy (non-hydrogen) atoms. The lowest BCUT2D eigenvalue weighted by molar-refractivity contribution is 0.796. The molecule has 1 aromatic heterocycles. The Morgan fingerprint density at radius 2 is 1.96 bits per heavy atom. The fourth-order valence-corrected chi connectivity index (χ4v) is 2.70. The smallest absolute Gasteiger partial charge is 0.297 e. The highest BCUT2D eigenvalue weighted by Gasteiger charge is 2.09. The highest BCUT2D eigenvalue weighted by atomic mass is 35.5. The van der Waals surface area contributed by atoms with Gasteiger partial charge in [-0.3, -0.25) is 9.36 Å². The van der Waals surface area contributed by atoms with E-state index in [9.17, 15) is 4.79 Å². The molecule has 0 amide bonds. The minimum atomic E-state index is -0.194. The van der Waals surface area contributed by atoms with E-state index in [0.29, 0.717) is 23.1 Å². The Bertz CT molecular complexity index is 877. The number of benzene rings is 2. The second-order valence-electron chi connectivity index (χ2n) is 5.62. The monoisotopic (exact) mass is 339 g/mol. The van der Waals surface area contributed by atoms with Crippen molar-refractivity contribution in [1.29, 1.82) is 0 Å². The van der Waals surface area contributed by atoms with Crippen LogP contribution in [-0.2, 0) is 0 Å². The van der Waals surface area contributed by atoms with E-state index in [1.54, 1.807) is 24.5 Å². The van der Waals surface area contributed by atoms with E-state index in [-0.39, 0.29) is 11.5 Å². The molecule has 0 radical (unpaired) electrons. The number of nitrogens with zero attached hydrogens (tertiary/aromatic N) is 2. The van der Waals surface area contributed by atoms with Crippen LogP contribution in [0.25, 0.3) is 5.69 Å². The van der Waals surface area contributed by atoms with E-state index >= 15 is 0 Å². The first-order valence-corrected chi connectivity index (χ1v) is 8.15. The van der Waals surface area contributed by atoms with Gasteiger partial charge in [-0.25, -0.2) is 4.98 Å². The van der Waals surface area contributed by atoms with Crippen LogP contribution in [0, 0.1) is 0 Å². The molecule has 1 unspecified atom stereocenters. The molecule has 122 valence electrons. The second kappa shape index (κ2) is 7.32. The highest BCUT2D eigenvalue weighted by Crippen LogP contribution is 2.15. The molecule has 5 heteroatoms. The Morgan fingerprint density at radius 1 is 1.17 bits per heavy atom. The van der Waals surface area contributed by atoms with E-state index < -0.39 is 0 Å². The van der Waals surface area contributed by atoms with Gasteiger partial charge in [0.2, 0.25) is 0 Å². The first-order valence-electron chi connectivity index (χ1n) is 7.77. The number of halogens is 1. The van der Waals surface area contributed by atoms with Gasteiger partial charge in [-0.1, -0.05) is 54.9 Å². The maximum absolute atomic E-state index is 12.6. The van der Waals surface area contributed by atoms with Crippen molar-refractivity contribution in [1.82, 2.24) is 9.55 Å². The van der Waals surface area contributed by atoms with Crippen molar-refractivity contribution < 1.29 is 0 Å². The summed E-state index contributed by atoms with van der Waals surface area (Å²) in [6.45, 7) is 2.74. The predicted molar refractivity (Wildman–Crippen MR) is 98.2 cm³/mol. The summed E-state index contributed by atoms with van der Waals surface area (Å²) in [5.74, 6) is 0.604. The number of hydrogen-bond donors (Lipinski definition) is 1. The van der Waals surface area contributed by atoms with Crippen molar-refractivity contribution in [3.8, 4) is 5.69 Å². The first-order chi connectivity index (χ1) is 11.6. The zero-order chi connectivity index (χ0) is 16.9. The molecule has 3 aromatic rings. The average molecular weight is 340 g/mol. The number of aromatic nitrogens is 2. The van der Waals surface area contributed by atoms with E-state index in [1.807, 2.05) is 30.3 Å². The zero-order valence-electron chi connectivity index (χ0n) is 13.3. The molecule has 3 rings (SSSR count). The van der Waals surface area contributed by atoms with Crippen LogP contribution in [-0.4, -0.2) is 16.1 Å². The van der Waals surface area contributed by atoms with Crippen LogP contribution in [0.4, 0.5) is 5.82 Å². The van der Waals surface area contributed by atoms with E-state index in [1.165, 1.54) is 10.1 Å². The lowest BCUT2D eigenvalue weighted by Crippen LogP contribution is -2.24. The van der Waals surface area contributed by atoms with Crippen LogP contribution in [0.15, 0.2) is 71.8 Å². The second-order valence-corrected chi connectivity index (χ2v) is 6.06. The third-order valence-electron chi connectivity index (χ3n) is 3.87. The van der Waals surface area contributed by atoms with Crippen molar-refractivity contribution in [2.45, 2.75) is 12.8 Å². The lowest BCUT2D eigenvalue weighted by Gasteiger charge is -2.14. The molecular formula is C19H18ClN3O. The molecule has 2 aromatic carbocycles. The summed E-state index contributed by atoms with van der Waals surface area (Å²) in [5, 5.41) is 3.75. The van der Waals surface area contributed by atoms with E-state index in [2.05, 4.69) is 29.4 Å². The van der Waals surface area contributed by atoms with Crippen LogP contribution in [0.1, 0.15) is 18.4 Å². The van der Waals surface area contributed by atoms with Crippen LogP contribution in [0.3, 0.4) is 0 Å². The van der Waals surface area contributed by atoms with Crippen LogP contribution < -0.4 is 10.9 Å². The van der Waals surface area contributed by atoms with Crippen molar-refractivity contribution in [3.05, 3.63) is 87.9 Å². The maximum atomic E-state index is 12.6. The van der Waals surface area contributed by atoms with Gasteiger partial charge in [0.25, 0.3) is 5.56 Å². The number of nitrogens with one attached hydrogen (secondary N) is 1. The van der Waals surface area contributed by atoms with Gasteiger partial charge in [-0.05, 0) is 29.7 Å². The molecule has 0 saturated heterocycles. The van der Waals surface area contributed by atoms with Gasteiger partial charge in [-0.2, -0.15) is 0 Å². The van der Waals surface area contributed by atoms with Gasteiger partial charge in [-0.15, -0.1) is 0 Å². The molecule has 0 bridgehead atoms. The molecule has 0 aliphatic carbocycles. The average Bonchev–Trinajstić information content (AvgIpc) is 2.61. The third kappa shape index (κ3) is 3.66. The third-order valence-corrected chi connectivity index (χ3v) is 4.11. The standard InChI is InChI=1S/C19H18ClN3O/c1-14(15-6-3-2-4-7-15)13-22-18-19(24)23(11-10-21-18)17-9-5-8-16(20)12-17/h2-12,14H,13H2,1H3,(H,21,22). The molecule has 0 aliphatic rings. The topological polar surface area (TPSA) is 46.9 Å². The zero-order valence-corrected chi connectivity index (χ0v) is 14.1. The molecule has 4 nitrogen and oxygen atoms in total. The maximum Gasteiger partial charge on any atom is 0.297 e. The summed E-state index contributed by atoms with van der Waals surface area (Å²) in [5.41, 5.74) is 1.74. The summed E-state index contributed by atoms with van der Waals surface area (Å²) in [6.07, 6.45) is 3.25. The molecule has 0 spiro atoms. The van der Waals surface area contributed by atoms with Gasteiger partial charge < -0.3 is 5.32 Å². The Labute approximate surface area is 145 Å². The number of rotatable bonds is 5. The minimum Gasteiger partial charge on any atom is -0.365 e. The summed E-state index contributed by atoms with van der Waals surface area (Å²) in [6, 6.07) is 17.4. The van der Waals surface area contributed by atoms with Gasteiger partial charge in [0.15, 0.2) is 5.82 Å². The van der Waals surface area contributed by atoms with Crippen molar-refractivity contribution in [2.75, 3.05) is 11.9 Å². The minimum absolute atomic E-state index is 0.194.